The van der Waals surface area contributed by atoms with Crippen LogP contribution in [0.2, 0.25) is 5.02 Å². The van der Waals surface area contributed by atoms with Gasteiger partial charge in [-0.1, -0.05) is 23.7 Å². The van der Waals surface area contributed by atoms with E-state index in [1.165, 1.54) is 12.3 Å². The third-order valence-corrected chi connectivity index (χ3v) is 2.64. The molecule has 98 valence electrons. The van der Waals surface area contributed by atoms with E-state index in [1.807, 2.05) is 12.1 Å². The van der Waals surface area contributed by atoms with Gasteiger partial charge >= 0.3 is 0 Å². The van der Waals surface area contributed by atoms with Gasteiger partial charge in [0.2, 0.25) is 5.88 Å². The van der Waals surface area contributed by atoms with Gasteiger partial charge in [-0.05, 0) is 23.8 Å². The molecular weight excluding hydrogens is 266 g/mol. The highest BCUT2D eigenvalue weighted by molar-refractivity contribution is 6.30. The second kappa shape index (κ2) is 5.58. The average molecular weight is 278 g/mol. The quantitative estimate of drug-likeness (QED) is 0.894. The van der Waals surface area contributed by atoms with Crippen LogP contribution in [0.1, 0.15) is 15.9 Å². The Bertz CT molecular complexity index is 617. The van der Waals surface area contributed by atoms with Crippen molar-refractivity contribution in [3.05, 3.63) is 52.7 Å². The first-order chi connectivity index (χ1) is 9.06. The molecule has 0 unspecified atom stereocenters. The Morgan fingerprint density at radius 3 is 2.84 bits per heavy atom. The number of nitrogen functional groups attached to an aromatic ring is 1. The molecule has 4 N–H and O–H groups in total. The van der Waals surface area contributed by atoms with E-state index in [-0.39, 0.29) is 18.1 Å². The van der Waals surface area contributed by atoms with Crippen molar-refractivity contribution in [3.8, 4) is 5.88 Å². The first-order valence-electron chi connectivity index (χ1n) is 5.49. The van der Waals surface area contributed by atoms with E-state index in [2.05, 4.69) is 4.98 Å². The lowest BCUT2D eigenvalue weighted by Crippen LogP contribution is -2.14. The summed E-state index contributed by atoms with van der Waals surface area (Å²) in [5, 5.41) is 0.612. The van der Waals surface area contributed by atoms with Gasteiger partial charge in [-0.2, -0.15) is 0 Å². The van der Waals surface area contributed by atoms with Gasteiger partial charge in [0.05, 0.1) is 11.9 Å². The maximum Gasteiger partial charge on any atom is 0.254 e. The number of carbonyl (C=O) groups is 1. The van der Waals surface area contributed by atoms with Crippen molar-refractivity contribution in [2.24, 2.45) is 5.73 Å². The SMILES string of the molecule is NC(=O)c1cc(N)cnc1OCc1cccc(Cl)c1. The minimum Gasteiger partial charge on any atom is -0.472 e. The van der Waals surface area contributed by atoms with Crippen LogP contribution in [0.4, 0.5) is 5.69 Å². The number of primary amides is 1. The number of rotatable bonds is 4. The largest absolute Gasteiger partial charge is 0.472 e. The highest BCUT2D eigenvalue weighted by Gasteiger charge is 2.11. The van der Waals surface area contributed by atoms with E-state index in [0.717, 1.165) is 5.56 Å². The number of pyridine rings is 1. The molecule has 1 aromatic heterocycles. The zero-order chi connectivity index (χ0) is 13.8. The van der Waals surface area contributed by atoms with Crippen LogP contribution < -0.4 is 16.2 Å². The standard InChI is InChI=1S/C13H12ClN3O2/c14-9-3-1-2-8(4-9)7-19-13-11(12(16)18)5-10(15)6-17-13/h1-6H,7,15H2,(H2,16,18). The van der Waals surface area contributed by atoms with Crippen molar-refractivity contribution in [3.63, 3.8) is 0 Å². The van der Waals surface area contributed by atoms with E-state index in [1.54, 1.807) is 12.1 Å². The Morgan fingerprint density at radius 1 is 1.37 bits per heavy atom. The fourth-order valence-corrected chi connectivity index (χ4v) is 1.75. The summed E-state index contributed by atoms with van der Waals surface area (Å²) >= 11 is 5.87. The molecule has 5 nitrogen and oxygen atoms in total. The number of amides is 1. The molecule has 6 heteroatoms. The lowest BCUT2D eigenvalue weighted by atomic mass is 10.2. The van der Waals surface area contributed by atoms with Gasteiger partial charge < -0.3 is 16.2 Å². The van der Waals surface area contributed by atoms with Crippen molar-refractivity contribution in [2.45, 2.75) is 6.61 Å². The Kier molecular flexibility index (Phi) is 3.87. The van der Waals surface area contributed by atoms with Crippen LogP contribution in [0, 0.1) is 0 Å². The van der Waals surface area contributed by atoms with Gasteiger partial charge in [0.25, 0.3) is 5.91 Å². The number of nitrogens with two attached hydrogens (primary N) is 2. The minimum absolute atomic E-state index is 0.154. The predicted molar refractivity (Wildman–Crippen MR) is 73.0 cm³/mol. The number of halogens is 1. The number of ether oxygens (including phenoxy) is 1. The van der Waals surface area contributed by atoms with Gasteiger partial charge in [0, 0.05) is 5.02 Å². The molecule has 19 heavy (non-hydrogen) atoms. The zero-order valence-corrected chi connectivity index (χ0v) is 10.7. The summed E-state index contributed by atoms with van der Waals surface area (Å²) in [6, 6.07) is 8.63. The Morgan fingerprint density at radius 2 is 2.16 bits per heavy atom. The van der Waals surface area contributed by atoms with Crippen molar-refractivity contribution < 1.29 is 9.53 Å². The second-order valence-corrected chi connectivity index (χ2v) is 4.34. The lowest BCUT2D eigenvalue weighted by Gasteiger charge is -2.09. The summed E-state index contributed by atoms with van der Waals surface area (Å²) in [6.07, 6.45) is 1.40. The third-order valence-electron chi connectivity index (χ3n) is 2.40. The van der Waals surface area contributed by atoms with Gasteiger partial charge in [0.15, 0.2) is 0 Å². The van der Waals surface area contributed by atoms with Crippen molar-refractivity contribution >= 4 is 23.2 Å². The number of hydrogen-bond donors (Lipinski definition) is 2. The number of aromatic nitrogens is 1. The third kappa shape index (κ3) is 3.35. The molecule has 0 bridgehead atoms. The molecule has 2 aromatic rings. The van der Waals surface area contributed by atoms with Crippen molar-refractivity contribution in [2.75, 3.05) is 5.73 Å². The Balaban J connectivity index is 2.17. The average Bonchev–Trinajstić information content (AvgIpc) is 2.37. The summed E-state index contributed by atoms with van der Waals surface area (Å²) < 4.78 is 5.47. The van der Waals surface area contributed by atoms with E-state index in [9.17, 15) is 4.79 Å². The Labute approximate surface area is 115 Å². The molecule has 0 saturated heterocycles. The maximum atomic E-state index is 11.3. The predicted octanol–water partition coefficient (Wildman–Crippen LogP) is 2.00. The number of carbonyl (C=O) groups excluding carboxylic acids is 1. The number of nitrogens with zero attached hydrogens (tertiary/aromatic N) is 1. The van der Waals surface area contributed by atoms with Gasteiger partial charge in [-0.25, -0.2) is 4.98 Å². The fourth-order valence-electron chi connectivity index (χ4n) is 1.54. The van der Waals surface area contributed by atoms with Gasteiger partial charge in [0.1, 0.15) is 12.2 Å². The fraction of sp³-hybridized carbons (Fsp3) is 0.0769. The Hall–Kier alpha value is -2.27. The molecule has 0 aliphatic carbocycles. The van der Waals surface area contributed by atoms with Crippen LogP contribution in [0.15, 0.2) is 36.5 Å². The highest BCUT2D eigenvalue weighted by atomic mass is 35.5. The summed E-state index contributed by atoms with van der Waals surface area (Å²) in [5.74, 6) is -0.484. The molecule has 0 atom stereocenters. The van der Waals surface area contributed by atoms with Crippen LogP contribution in [0.5, 0.6) is 5.88 Å². The van der Waals surface area contributed by atoms with Crippen LogP contribution in [-0.2, 0) is 6.61 Å². The minimum atomic E-state index is -0.638. The van der Waals surface area contributed by atoms with Crippen LogP contribution in [0.25, 0.3) is 0 Å². The van der Waals surface area contributed by atoms with Gasteiger partial charge in [-0.15, -0.1) is 0 Å². The topological polar surface area (TPSA) is 91.2 Å². The molecule has 1 aromatic carbocycles. The number of benzene rings is 1. The second-order valence-electron chi connectivity index (χ2n) is 3.90. The molecule has 1 amide bonds. The first-order valence-corrected chi connectivity index (χ1v) is 5.86. The molecular formula is C13H12ClN3O2. The van der Waals surface area contributed by atoms with Crippen LogP contribution in [0.3, 0.4) is 0 Å². The molecule has 0 spiro atoms. The lowest BCUT2D eigenvalue weighted by molar-refractivity contribution is 0.0995. The van der Waals surface area contributed by atoms with E-state index in [4.69, 9.17) is 27.8 Å². The molecule has 0 radical (unpaired) electrons. The normalized spacial score (nSPS) is 10.2. The molecule has 0 aliphatic rings. The van der Waals surface area contributed by atoms with Gasteiger partial charge in [-0.3, -0.25) is 4.79 Å². The van der Waals surface area contributed by atoms with Crippen molar-refractivity contribution in [1.29, 1.82) is 0 Å². The monoisotopic (exact) mass is 277 g/mol. The van der Waals surface area contributed by atoms with Crippen molar-refractivity contribution in [1.82, 2.24) is 4.98 Å². The molecule has 0 fully saturated rings. The number of hydrogen-bond acceptors (Lipinski definition) is 4. The summed E-state index contributed by atoms with van der Waals surface area (Å²) in [7, 11) is 0. The smallest absolute Gasteiger partial charge is 0.254 e. The van der Waals surface area contributed by atoms with Crippen LogP contribution >= 0.6 is 11.6 Å². The molecule has 1 heterocycles. The van der Waals surface area contributed by atoms with E-state index >= 15 is 0 Å². The first kappa shape index (κ1) is 13.2. The summed E-state index contributed by atoms with van der Waals surface area (Å²) in [6.45, 7) is 0.234. The molecule has 2 rings (SSSR count). The van der Waals surface area contributed by atoms with E-state index in [0.29, 0.717) is 10.7 Å². The molecule has 0 aliphatic heterocycles. The van der Waals surface area contributed by atoms with E-state index < -0.39 is 5.91 Å². The van der Waals surface area contributed by atoms with Crippen LogP contribution in [-0.4, -0.2) is 10.9 Å². The highest BCUT2D eigenvalue weighted by Crippen LogP contribution is 2.19. The molecule has 0 saturated carbocycles. The number of anilines is 1. The zero-order valence-electron chi connectivity index (χ0n) is 9.97. The summed E-state index contributed by atoms with van der Waals surface area (Å²) in [5.41, 5.74) is 12.2. The summed E-state index contributed by atoms with van der Waals surface area (Å²) in [4.78, 5) is 15.2. The maximum absolute atomic E-state index is 11.3.